The smallest absolute Gasteiger partial charge is 0.410 e. The molecular weight excluding hydrogens is 369 g/mol. The zero-order valence-corrected chi connectivity index (χ0v) is 16.1. The number of carbonyl (C=O) groups is 2. The van der Waals surface area contributed by atoms with Gasteiger partial charge in [0, 0.05) is 7.05 Å². The molecule has 2 atom stereocenters. The second-order valence-corrected chi connectivity index (χ2v) is 7.59. The van der Waals surface area contributed by atoms with E-state index in [0.717, 1.165) is 0 Å². The van der Waals surface area contributed by atoms with Crippen LogP contribution in [0.15, 0.2) is 18.2 Å². The Balaban J connectivity index is 3.04. The summed E-state index contributed by atoms with van der Waals surface area (Å²) in [6.45, 7) is 5.17. The van der Waals surface area contributed by atoms with Crippen LogP contribution >= 0.6 is 23.2 Å². The molecule has 0 saturated carbocycles. The van der Waals surface area contributed by atoms with Gasteiger partial charge < -0.3 is 19.8 Å². The molecule has 1 rings (SSSR count). The standard InChI is InChI=1S/C17H23Cl2NO5/c1-17(2,3)25-16(24)20(4)13(14(21)9-15(22)23)8-10-5-6-11(18)12(19)7-10/h5-7,13-14,21H,8-9H2,1-4H3,(H,22,23)/t13-,14-/m1/s1. The first-order chi connectivity index (χ1) is 11.4. The number of carbonyl (C=O) groups excluding carboxylic acids is 1. The van der Waals surface area contributed by atoms with Crippen LogP contribution in [-0.4, -0.2) is 52.0 Å². The van der Waals surface area contributed by atoms with Crippen LogP contribution in [0.4, 0.5) is 4.79 Å². The van der Waals surface area contributed by atoms with E-state index in [1.807, 2.05) is 0 Å². The highest BCUT2D eigenvalue weighted by Crippen LogP contribution is 2.25. The number of halogens is 2. The first kappa shape index (κ1) is 21.5. The van der Waals surface area contributed by atoms with Gasteiger partial charge in [-0.1, -0.05) is 29.3 Å². The number of hydrogen-bond acceptors (Lipinski definition) is 4. The van der Waals surface area contributed by atoms with Gasteiger partial charge in [0.2, 0.25) is 0 Å². The number of aliphatic carboxylic acids is 1. The average Bonchev–Trinajstić information content (AvgIpc) is 2.45. The Morgan fingerprint density at radius 1 is 1.24 bits per heavy atom. The third-order valence-electron chi connectivity index (χ3n) is 3.44. The highest BCUT2D eigenvalue weighted by Gasteiger charge is 2.31. The zero-order chi connectivity index (χ0) is 19.4. The molecule has 0 radical (unpaired) electrons. The normalized spacial score (nSPS) is 13.9. The van der Waals surface area contributed by atoms with Gasteiger partial charge in [0.05, 0.1) is 28.6 Å². The molecule has 1 amide bonds. The number of hydrogen-bond donors (Lipinski definition) is 2. The molecule has 8 heteroatoms. The maximum absolute atomic E-state index is 12.3. The van der Waals surface area contributed by atoms with E-state index < -0.39 is 36.2 Å². The summed E-state index contributed by atoms with van der Waals surface area (Å²) in [6, 6.07) is 4.13. The van der Waals surface area contributed by atoms with Gasteiger partial charge in [-0.25, -0.2) is 4.79 Å². The topological polar surface area (TPSA) is 87.1 Å². The van der Waals surface area contributed by atoms with Gasteiger partial charge >= 0.3 is 12.1 Å². The number of rotatable bonds is 6. The molecule has 1 aromatic carbocycles. The van der Waals surface area contributed by atoms with E-state index in [4.69, 9.17) is 33.0 Å². The van der Waals surface area contributed by atoms with E-state index in [9.17, 15) is 14.7 Å². The molecule has 0 saturated heterocycles. The predicted molar refractivity (Wildman–Crippen MR) is 96.2 cm³/mol. The number of carboxylic acid groups (broad SMARTS) is 1. The van der Waals surface area contributed by atoms with Crippen LogP contribution in [0.25, 0.3) is 0 Å². The minimum absolute atomic E-state index is 0.196. The second kappa shape index (κ2) is 8.74. The molecular formula is C17H23Cl2NO5. The molecule has 0 aliphatic rings. The Morgan fingerprint density at radius 3 is 2.32 bits per heavy atom. The van der Waals surface area contributed by atoms with E-state index >= 15 is 0 Å². The summed E-state index contributed by atoms with van der Waals surface area (Å²) in [5.41, 5.74) is -0.00345. The Bertz CT molecular complexity index is 630. The summed E-state index contributed by atoms with van der Waals surface area (Å²) in [6.07, 6.45) is -2.23. The molecule has 1 aromatic rings. The Kier molecular flexibility index (Phi) is 7.53. The molecule has 25 heavy (non-hydrogen) atoms. The van der Waals surface area contributed by atoms with E-state index in [-0.39, 0.29) is 6.42 Å². The molecule has 0 aliphatic heterocycles. The Hall–Kier alpha value is -1.50. The number of nitrogens with zero attached hydrogens (tertiary/aromatic N) is 1. The van der Waals surface area contributed by atoms with Crippen molar-refractivity contribution in [1.29, 1.82) is 0 Å². The van der Waals surface area contributed by atoms with E-state index in [0.29, 0.717) is 15.6 Å². The van der Waals surface area contributed by atoms with Gasteiger partial charge in [0.1, 0.15) is 5.60 Å². The fourth-order valence-corrected chi connectivity index (χ4v) is 2.54. The molecule has 0 unspecified atom stereocenters. The van der Waals surface area contributed by atoms with Gasteiger partial charge in [0.25, 0.3) is 0 Å². The summed E-state index contributed by atoms with van der Waals surface area (Å²) in [5.74, 6) is -1.16. The number of ether oxygens (including phenoxy) is 1. The largest absolute Gasteiger partial charge is 0.481 e. The SMILES string of the molecule is CN(C(=O)OC(C)(C)C)[C@H](Cc1ccc(Cl)c(Cl)c1)[C@H](O)CC(=O)O. The number of amides is 1. The van der Waals surface area contributed by atoms with Crippen molar-refractivity contribution >= 4 is 35.3 Å². The Labute approximate surface area is 157 Å². The van der Waals surface area contributed by atoms with Crippen molar-refractivity contribution in [3.63, 3.8) is 0 Å². The fraction of sp³-hybridized carbons (Fsp3) is 0.529. The quantitative estimate of drug-likeness (QED) is 0.773. The minimum Gasteiger partial charge on any atom is -0.481 e. The third-order valence-corrected chi connectivity index (χ3v) is 4.17. The average molecular weight is 392 g/mol. The van der Waals surface area contributed by atoms with Gasteiger partial charge in [-0.05, 0) is 44.9 Å². The van der Waals surface area contributed by atoms with Crippen molar-refractivity contribution in [2.24, 2.45) is 0 Å². The monoisotopic (exact) mass is 391 g/mol. The molecule has 0 aromatic heterocycles. The number of likely N-dealkylation sites (N-methyl/N-ethyl adjacent to an activating group) is 1. The van der Waals surface area contributed by atoms with Gasteiger partial charge in [-0.3, -0.25) is 4.79 Å². The predicted octanol–water partition coefficient (Wildman–Crippen LogP) is 3.61. The van der Waals surface area contributed by atoms with Crippen LogP contribution in [-0.2, 0) is 16.0 Å². The number of benzene rings is 1. The maximum atomic E-state index is 12.3. The molecule has 6 nitrogen and oxygen atoms in total. The van der Waals surface area contributed by atoms with Crippen molar-refractivity contribution in [2.45, 2.75) is 51.4 Å². The maximum Gasteiger partial charge on any atom is 0.410 e. The van der Waals surface area contributed by atoms with Crippen LogP contribution in [0.5, 0.6) is 0 Å². The highest BCUT2D eigenvalue weighted by molar-refractivity contribution is 6.42. The van der Waals surface area contributed by atoms with E-state index in [1.165, 1.54) is 11.9 Å². The van der Waals surface area contributed by atoms with Crippen molar-refractivity contribution < 1.29 is 24.5 Å². The molecule has 0 spiro atoms. The molecule has 0 heterocycles. The number of carboxylic acids is 1. The van der Waals surface area contributed by atoms with Gasteiger partial charge in [-0.15, -0.1) is 0 Å². The van der Waals surface area contributed by atoms with Crippen LogP contribution in [0, 0.1) is 0 Å². The first-order valence-electron chi connectivity index (χ1n) is 7.70. The van der Waals surface area contributed by atoms with Crippen molar-refractivity contribution in [3.8, 4) is 0 Å². The first-order valence-corrected chi connectivity index (χ1v) is 8.46. The summed E-state index contributed by atoms with van der Waals surface area (Å²) >= 11 is 11.9. The van der Waals surface area contributed by atoms with E-state index in [1.54, 1.807) is 39.0 Å². The molecule has 2 N–H and O–H groups in total. The van der Waals surface area contributed by atoms with Gasteiger partial charge in [-0.2, -0.15) is 0 Å². The van der Waals surface area contributed by atoms with E-state index in [2.05, 4.69) is 0 Å². The summed E-state index contributed by atoms with van der Waals surface area (Å²) < 4.78 is 5.30. The summed E-state index contributed by atoms with van der Waals surface area (Å²) in [7, 11) is 1.46. The number of aliphatic hydroxyl groups excluding tert-OH is 1. The highest BCUT2D eigenvalue weighted by atomic mass is 35.5. The Morgan fingerprint density at radius 2 is 1.84 bits per heavy atom. The minimum atomic E-state index is -1.27. The lowest BCUT2D eigenvalue weighted by Crippen LogP contribution is -2.48. The molecule has 0 bridgehead atoms. The van der Waals surface area contributed by atoms with Gasteiger partial charge in [0.15, 0.2) is 0 Å². The molecule has 0 fully saturated rings. The second-order valence-electron chi connectivity index (χ2n) is 6.78. The number of aliphatic hydroxyl groups is 1. The van der Waals surface area contributed by atoms with Crippen LogP contribution < -0.4 is 0 Å². The molecule has 0 aliphatic carbocycles. The van der Waals surface area contributed by atoms with Crippen LogP contribution in [0.3, 0.4) is 0 Å². The lowest BCUT2D eigenvalue weighted by Gasteiger charge is -2.33. The lowest BCUT2D eigenvalue weighted by atomic mass is 9.98. The lowest BCUT2D eigenvalue weighted by molar-refractivity contribution is -0.140. The van der Waals surface area contributed by atoms with Crippen LogP contribution in [0.2, 0.25) is 10.0 Å². The zero-order valence-electron chi connectivity index (χ0n) is 14.6. The summed E-state index contributed by atoms with van der Waals surface area (Å²) in [5, 5.41) is 20.0. The van der Waals surface area contributed by atoms with Crippen molar-refractivity contribution in [1.82, 2.24) is 4.90 Å². The van der Waals surface area contributed by atoms with Crippen LogP contribution in [0.1, 0.15) is 32.8 Å². The summed E-state index contributed by atoms with van der Waals surface area (Å²) in [4.78, 5) is 24.5. The van der Waals surface area contributed by atoms with Crippen molar-refractivity contribution in [2.75, 3.05) is 7.05 Å². The fourth-order valence-electron chi connectivity index (χ4n) is 2.22. The third kappa shape index (κ3) is 7.10. The molecule has 140 valence electrons. The van der Waals surface area contributed by atoms with Crippen molar-refractivity contribution in [3.05, 3.63) is 33.8 Å².